The standard InChI is InChI=1S/C17H12Cl2N2O4/c1-24-16(17(22)23)9-2-5-14(11(19)6-9)25-15-8-20-13-7-10(18)3-4-12(13)21-15/h2-8,16H,1H3,(H,22,23). The minimum atomic E-state index is -1.11. The van der Waals surface area contributed by atoms with Crippen LogP contribution in [0.15, 0.2) is 42.6 Å². The molecule has 0 saturated heterocycles. The molecule has 1 unspecified atom stereocenters. The van der Waals surface area contributed by atoms with Crippen LogP contribution in [0.4, 0.5) is 0 Å². The largest absolute Gasteiger partial charge is 0.479 e. The lowest BCUT2D eigenvalue weighted by Gasteiger charge is -2.13. The number of aromatic nitrogens is 2. The Labute approximate surface area is 152 Å². The van der Waals surface area contributed by atoms with Gasteiger partial charge in [-0.05, 0) is 35.9 Å². The van der Waals surface area contributed by atoms with Crippen LogP contribution >= 0.6 is 23.2 Å². The van der Waals surface area contributed by atoms with E-state index in [1.165, 1.54) is 19.4 Å². The lowest BCUT2D eigenvalue weighted by molar-refractivity contribution is -0.148. The molecule has 8 heteroatoms. The number of benzene rings is 2. The molecule has 25 heavy (non-hydrogen) atoms. The molecule has 2 aromatic carbocycles. The second-order valence-corrected chi connectivity index (χ2v) is 5.93. The first-order chi connectivity index (χ1) is 12.0. The predicted molar refractivity (Wildman–Crippen MR) is 93.5 cm³/mol. The number of methoxy groups -OCH3 is 1. The third-order valence-corrected chi connectivity index (χ3v) is 3.95. The molecular formula is C17H12Cl2N2O4. The quantitative estimate of drug-likeness (QED) is 0.703. The van der Waals surface area contributed by atoms with Crippen molar-refractivity contribution in [2.24, 2.45) is 0 Å². The lowest BCUT2D eigenvalue weighted by Crippen LogP contribution is -2.13. The van der Waals surface area contributed by atoms with Crippen LogP contribution in [0.3, 0.4) is 0 Å². The van der Waals surface area contributed by atoms with Gasteiger partial charge < -0.3 is 14.6 Å². The third-order valence-electron chi connectivity index (χ3n) is 3.42. The molecule has 0 fully saturated rings. The Kier molecular flexibility index (Phi) is 5.03. The van der Waals surface area contributed by atoms with Gasteiger partial charge in [0.15, 0.2) is 6.10 Å². The molecule has 0 aliphatic carbocycles. The average molecular weight is 379 g/mol. The van der Waals surface area contributed by atoms with Crippen molar-refractivity contribution >= 4 is 40.2 Å². The molecule has 128 valence electrons. The van der Waals surface area contributed by atoms with Crippen LogP contribution < -0.4 is 4.74 Å². The maximum absolute atomic E-state index is 11.1. The van der Waals surface area contributed by atoms with Crippen LogP contribution in [0.25, 0.3) is 11.0 Å². The number of aliphatic carboxylic acids is 1. The number of carboxylic acids is 1. The Morgan fingerprint density at radius 3 is 2.64 bits per heavy atom. The van der Waals surface area contributed by atoms with E-state index in [-0.39, 0.29) is 10.9 Å². The summed E-state index contributed by atoms with van der Waals surface area (Å²) < 4.78 is 10.6. The van der Waals surface area contributed by atoms with Crippen LogP contribution in [0.1, 0.15) is 11.7 Å². The second kappa shape index (κ2) is 7.23. The van der Waals surface area contributed by atoms with Crippen LogP contribution in [0.5, 0.6) is 11.6 Å². The average Bonchev–Trinajstić information content (AvgIpc) is 2.57. The van der Waals surface area contributed by atoms with Crippen LogP contribution in [-0.4, -0.2) is 28.2 Å². The summed E-state index contributed by atoms with van der Waals surface area (Å²) >= 11 is 12.1. The van der Waals surface area contributed by atoms with E-state index >= 15 is 0 Å². The summed E-state index contributed by atoms with van der Waals surface area (Å²) in [5, 5.41) is 9.92. The number of ether oxygens (including phenoxy) is 2. The highest BCUT2D eigenvalue weighted by atomic mass is 35.5. The molecule has 0 spiro atoms. The van der Waals surface area contributed by atoms with Crippen molar-refractivity contribution in [3.8, 4) is 11.6 Å². The number of hydrogen-bond donors (Lipinski definition) is 1. The van der Waals surface area contributed by atoms with Gasteiger partial charge in [0.25, 0.3) is 0 Å². The zero-order valence-electron chi connectivity index (χ0n) is 12.9. The van der Waals surface area contributed by atoms with E-state index in [9.17, 15) is 4.79 Å². The number of hydrogen-bond acceptors (Lipinski definition) is 5. The molecule has 0 amide bonds. The number of halogens is 2. The first-order valence-corrected chi connectivity index (χ1v) is 7.88. The molecule has 3 aromatic rings. The fourth-order valence-electron chi connectivity index (χ4n) is 2.27. The predicted octanol–water partition coefficient (Wildman–Crippen LogP) is 4.50. The van der Waals surface area contributed by atoms with Gasteiger partial charge in [0.05, 0.1) is 22.3 Å². The van der Waals surface area contributed by atoms with Crippen LogP contribution in [-0.2, 0) is 9.53 Å². The highest BCUT2D eigenvalue weighted by Gasteiger charge is 2.20. The van der Waals surface area contributed by atoms with Gasteiger partial charge in [-0.1, -0.05) is 29.3 Å². The maximum Gasteiger partial charge on any atom is 0.337 e. The van der Waals surface area contributed by atoms with Gasteiger partial charge in [-0.2, -0.15) is 0 Å². The topological polar surface area (TPSA) is 81.5 Å². The molecule has 1 aromatic heterocycles. The van der Waals surface area contributed by atoms with Crippen molar-refractivity contribution in [3.05, 3.63) is 58.2 Å². The third kappa shape index (κ3) is 3.82. The Morgan fingerprint density at radius 2 is 1.96 bits per heavy atom. The SMILES string of the molecule is COC(C(=O)O)c1ccc(Oc2cnc3cc(Cl)ccc3n2)c(Cl)c1. The molecule has 1 N–H and O–H groups in total. The highest BCUT2D eigenvalue weighted by Crippen LogP contribution is 2.32. The van der Waals surface area contributed by atoms with E-state index in [1.807, 2.05) is 0 Å². The van der Waals surface area contributed by atoms with Gasteiger partial charge in [0.1, 0.15) is 5.75 Å². The van der Waals surface area contributed by atoms with Crippen molar-refractivity contribution in [1.82, 2.24) is 9.97 Å². The van der Waals surface area contributed by atoms with Gasteiger partial charge in [-0.3, -0.25) is 0 Å². The smallest absolute Gasteiger partial charge is 0.337 e. The number of fused-ring (bicyclic) bond motifs is 1. The van der Waals surface area contributed by atoms with Gasteiger partial charge >= 0.3 is 5.97 Å². The summed E-state index contributed by atoms with van der Waals surface area (Å²) in [6.45, 7) is 0. The van der Waals surface area contributed by atoms with Gasteiger partial charge in [-0.25, -0.2) is 14.8 Å². The Bertz CT molecular complexity index is 949. The maximum atomic E-state index is 11.1. The van der Waals surface area contributed by atoms with E-state index in [0.717, 1.165) is 0 Å². The normalized spacial score (nSPS) is 12.1. The molecule has 3 rings (SSSR count). The minimum absolute atomic E-state index is 0.235. The number of carboxylic acid groups (broad SMARTS) is 1. The number of rotatable bonds is 5. The Morgan fingerprint density at radius 1 is 1.16 bits per heavy atom. The zero-order chi connectivity index (χ0) is 18.0. The summed E-state index contributed by atoms with van der Waals surface area (Å²) in [7, 11) is 1.31. The summed E-state index contributed by atoms with van der Waals surface area (Å²) in [6.07, 6.45) is 0.356. The van der Waals surface area contributed by atoms with E-state index in [0.29, 0.717) is 27.4 Å². The van der Waals surface area contributed by atoms with Gasteiger partial charge in [0.2, 0.25) is 5.88 Å². The van der Waals surface area contributed by atoms with E-state index in [2.05, 4.69) is 9.97 Å². The zero-order valence-corrected chi connectivity index (χ0v) is 14.5. The molecule has 1 atom stereocenters. The Hall–Kier alpha value is -2.41. The second-order valence-electron chi connectivity index (χ2n) is 5.09. The summed E-state index contributed by atoms with van der Waals surface area (Å²) in [6, 6.07) is 9.75. The van der Waals surface area contributed by atoms with Gasteiger partial charge in [-0.15, -0.1) is 0 Å². The molecule has 6 nitrogen and oxygen atoms in total. The minimum Gasteiger partial charge on any atom is -0.479 e. The molecule has 0 saturated carbocycles. The molecule has 0 aliphatic heterocycles. The van der Waals surface area contributed by atoms with Crippen molar-refractivity contribution < 1.29 is 19.4 Å². The van der Waals surface area contributed by atoms with E-state index in [1.54, 1.807) is 30.3 Å². The first kappa shape index (κ1) is 17.4. The Balaban J connectivity index is 1.88. The van der Waals surface area contributed by atoms with Crippen molar-refractivity contribution in [2.75, 3.05) is 7.11 Å². The number of nitrogens with zero attached hydrogens (tertiary/aromatic N) is 2. The molecule has 0 aliphatic rings. The summed E-state index contributed by atoms with van der Waals surface area (Å²) in [5.74, 6) is -0.523. The summed E-state index contributed by atoms with van der Waals surface area (Å²) in [4.78, 5) is 19.7. The molecular weight excluding hydrogens is 367 g/mol. The monoisotopic (exact) mass is 378 g/mol. The van der Waals surface area contributed by atoms with Gasteiger partial charge in [0, 0.05) is 12.1 Å². The summed E-state index contributed by atoms with van der Waals surface area (Å²) in [5.41, 5.74) is 1.68. The van der Waals surface area contributed by atoms with Crippen molar-refractivity contribution in [2.45, 2.75) is 6.10 Å². The number of carbonyl (C=O) groups is 1. The van der Waals surface area contributed by atoms with E-state index in [4.69, 9.17) is 37.8 Å². The van der Waals surface area contributed by atoms with Crippen molar-refractivity contribution in [3.63, 3.8) is 0 Å². The van der Waals surface area contributed by atoms with E-state index < -0.39 is 12.1 Å². The fraction of sp³-hybridized carbons (Fsp3) is 0.118. The molecule has 1 heterocycles. The fourth-order valence-corrected chi connectivity index (χ4v) is 2.67. The highest BCUT2D eigenvalue weighted by molar-refractivity contribution is 6.32. The first-order valence-electron chi connectivity index (χ1n) is 7.13. The lowest BCUT2D eigenvalue weighted by atomic mass is 10.1. The molecule has 0 bridgehead atoms. The molecule has 0 radical (unpaired) electrons. The van der Waals surface area contributed by atoms with Crippen molar-refractivity contribution in [1.29, 1.82) is 0 Å². The van der Waals surface area contributed by atoms with Crippen LogP contribution in [0.2, 0.25) is 10.0 Å². The van der Waals surface area contributed by atoms with Crippen LogP contribution in [0, 0.1) is 0 Å².